The molecule has 1 aliphatic rings. The summed E-state index contributed by atoms with van der Waals surface area (Å²) in [6.07, 6.45) is -3.60. The number of fused-ring (bicyclic) bond motifs is 1. The molecular formula is C22H20ClFN6O4S. The van der Waals surface area contributed by atoms with Crippen molar-refractivity contribution in [3.63, 3.8) is 0 Å². The Bertz CT molecular complexity index is 1710. The zero-order valence-electron chi connectivity index (χ0n) is 27.3. The molecule has 1 fully saturated rings. The molecule has 1 aromatic carbocycles. The van der Waals surface area contributed by atoms with Gasteiger partial charge in [-0.1, -0.05) is 29.0 Å². The van der Waals surface area contributed by atoms with Crippen molar-refractivity contribution < 1.29 is 37.9 Å². The number of aliphatic carboxylic acids is 2. The molecule has 3 N–H and O–H groups in total. The first-order chi connectivity index (χ1) is 20.7. The fraction of sp³-hybridized carbons (Fsp3) is 0.273. The molecule has 35 heavy (non-hydrogen) atoms. The number of benzene rings is 1. The highest BCUT2D eigenvalue weighted by atomic mass is 35.5. The van der Waals surface area contributed by atoms with Gasteiger partial charge in [-0.3, -0.25) is 4.90 Å². The topological polar surface area (TPSA) is 152 Å². The maximum atomic E-state index is 14.2. The maximum absolute atomic E-state index is 14.2. The standard InChI is InChI=1S/C18H16ClFN6S.C4H4O4/c19-18-25-17-15(27-18)16(22-10-23-17)24-13-3-5-26(6-4-13)9-11-1-2-14(20)12(7-11)8-21;5-3(6)1-2-4(7)8/h1-2,7,10,13H,3-6,9H2,(H,22,23,24);1-2H,(H,5,6)(H,7,8)/b;2-1-/i1D,2D,3D2,4D2,7D,9D,13D;/hD. The molecule has 0 radical (unpaired) electrons. The second kappa shape index (κ2) is 12.2. The summed E-state index contributed by atoms with van der Waals surface area (Å²) in [4.78, 5) is 31.8. The summed E-state index contributed by atoms with van der Waals surface area (Å²) in [6, 6.07) is -4.23. The molecule has 0 spiro atoms. The van der Waals surface area contributed by atoms with E-state index in [1.54, 1.807) is 0 Å². The third-order valence-electron chi connectivity index (χ3n) is 3.84. The van der Waals surface area contributed by atoms with Crippen LogP contribution in [0.5, 0.6) is 0 Å². The highest BCUT2D eigenvalue weighted by molar-refractivity contribution is 7.22. The number of carbonyl (C=O) groups is 2. The van der Waals surface area contributed by atoms with Crippen molar-refractivity contribution in [2.24, 2.45) is 0 Å². The fourth-order valence-corrected chi connectivity index (χ4v) is 3.41. The van der Waals surface area contributed by atoms with Crippen molar-refractivity contribution in [1.29, 1.82) is 5.26 Å². The van der Waals surface area contributed by atoms with Gasteiger partial charge in [0.25, 0.3) is 0 Å². The minimum atomic E-state index is -2.93. The van der Waals surface area contributed by atoms with Crippen molar-refractivity contribution in [3.05, 3.63) is 58.0 Å². The number of nitrogens with zero attached hydrogens (tertiary/aromatic N) is 5. The molecule has 2 aromatic heterocycles. The van der Waals surface area contributed by atoms with Crippen LogP contribution in [0.2, 0.25) is 5.88 Å². The molecule has 1 unspecified atom stereocenters. The van der Waals surface area contributed by atoms with Gasteiger partial charge in [0, 0.05) is 44.6 Å². The molecule has 182 valence electrons. The van der Waals surface area contributed by atoms with Gasteiger partial charge in [-0.15, -0.1) is 0 Å². The summed E-state index contributed by atoms with van der Waals surface area (Å²) >= 11 is 6.79. The van der Waals surface area contributed by atoms with E-state index in [1.807, 2.05) is 0 Å². The number of hydrogen-bond acceptors (Lipinski definition) is 9. The molecule has 3 heterocycles. The van der Waals surface area contributed by atoms with Crippen molar-refractivity contribution in [3.8, 4) is 6.07 Å². The number of aromatic nitrogens is 3. The Balaban J connectivity index is 0.000000610. The highest BCUT2D eigenvalue weighted by Gasteiger charge is 2.21. The van der Waals surface area contributed by atoms with Gasteiger partial charge in [0.2, 0.25) is 0 Å². The first kappa shape index (κ1) is 15.4. The first-order valence-electron chi connectivity index (χ1n) is 14.3. The molecule has 13 heteroatoms. The lowest BCUT2D eigenvalue weighted by Crippen LogP contribution is -2.38. The number of likely N-dealkylation sites (tertiary alicyclic amines) is 1. The third-order valence-corrected chi connectivity index (χ3v) is 4.99. The lowest BCUT2D eigenvalue weighted by Gasteiger charge is -2.32. The lowest BCUT2D eigenvalue weighted by atomic mass is 10.0. The number of carboxylic acid groups (broad SMARTS) is 2. The number of anilines is 1. The summed E-state index contributed by atoms with van der Waals surface area (Å²) < 4.78 is 98.7. The van der Waals surface area contributed by atoms with E-state index in [-0.39, 0.29) is 20.6 Å². The SMILES string of the molecule is O=C(O)/C=C\C(=O)O.[2H]c1c([2H])c(C([2H])N2CC([2H])([2H])C([2H])(N([2H])c3ncnc4nc(Cl)sc34)C([2H])([2H])C2)c([2H])c(C#N)c1F. The Morgan fingerprint density at radius 3 is 2.74 bits per heavy atom. The van der Waals surface area contributed by atoms with E-state index in [1.165, 1.54) is 6.07 Å². The number of carboxylic acids is 2. The van der Waals surface area contributed by atoms with E-state index < -0.39 is 85.4 Å². The van der Waals surface area contributed by atoms with E-state index >= 15 is 0 Å². The third kappa shape index (κ3) is 7.68. The Morgan fingerprint density at radius 2 is 2.11 bits per heavy atom. The second-order valence-electron chi connectivity index (χ2n) is 6.26. The molecule has 1 aliphatic heterocycles. The molecule has 4 rings (SSSR count). The van der Waals surface area contributed by atoms with Crippen LogP contribution < -0.4 is 5.31 Å². The van der Waals surface area contributed by atoms with Gasteiger partial charge in [-0.25, -0.2) is 28.9 Å². The van der Waals surface area contributed by atoms with Gasteiger partial charge < -0.3 is 15.5 Å². The molecule has 10 nitrogen and oxygen atoms in total. The van der Waals surface area contributed by atoms with E-state index in [4.69, 9.17) is 35.6 Å². The first-order valence-corrected chi connectivity index (χ1v) is 10.5. The number of nitriles is 1. The minimum Gasteiger partial charge on any atom is -0.478 e. The predicted molar refractivity (Wildman–Crippen MR) is 128 cm³/mol. The van der Waals surface area contributed by atoms with Crippen LogP contribution in [0.25, 0.3) is 10.3 Å². The van der Waals surface area contributed by atoms with Crippen LogP contribution in [0.1, 0.15) is 36.2 Å². The number of halogens is 2. The van der Waals surface area contributed by atoms with Gasteiger partial charge >= 0.3 is 11.9 Å². The Kier molecular flexibility index (Phi) is 5.34. The Labute approximate surface area is 222 Å². The van der Waals surface area contributed by atoms with Crippen LogP contribution in [-0.4, -0.2) is 61.1 Å². The summed E-state index contributed by atoms with van der Waals surface area (Å²) in [5.41, 5.74) is -1.36. The lowest BCUT2D eigenvalue weighted by molar-refractivity contribution is -0.134. The summed E-state index contributed by atoms with van der Waals surface area (Å²) in [5.74, 6) is -4.21. The van der Waals surface area contributed by atoms with Gasteiger partial charge in [0.15, 0.2) is 11.5 Å². The second-order valence-corrected chi connectivity index (χ2v) is 7.85. The maximum Gasteiger partial charge on any atom is 0.328 e. The van der Waals surface area contributed by atoms with Crippen molar-refractivity contribution in [2.45, 2.75) is 25.3 Å². The fourth-order valence-electron chi connectivity index (χ4n) is 2.42. The molecule has 1 saturated heterocycles. The van der Waals surface area contributed by atoms with Crippen molar-refractivity contribution in [1.82, 2.24) is 19.9 Å². The Hall–Kier alpha value is -3.66. The predicted octanol–water partition coefficient (Wildman–Crippen LogP) is 3.54. The van der Waals surface area contributed by atoms with Crippen molar-refractivity contribution >= 4 is 51.0 Å². The van der Waals surface area contributed by atoms with Gasteiger partial charge in [-0.2, -0.15) is 5.26 Å². The number of thiazole rings is 1. The van der Waals surface area contributed by atoms with E-state index in [0.29, 0.717) is 17.5 Å². The number of piperidine rings is 1. The van der Waals surface area contributed by atoms with Crippen LogP contribution in [0, 0.1) is 17.1 Å². The monoisotopic (exact) mass is 528 g/mol. The van der Waals surface area contributed by atoms with Crippen LogP contribution in [0.3, 0.4) is 0 Å². The van der Waals surface area contributed by atoms with Crippen LogP contribution in [0.15, 0.2) is 36.6 Å². The molecular weight excluding hydrogens is 499 g/mol. The van der Waals surface area contributed by atoms with E-state index in [9.17, 15) is 19.2 Å². The van der Waals surface area contributed by atoms with Gasteiger partial charge in [0.1, 0.15) is 28.7 Å². The summed E-state index contributed by atoms with van der Waals surface area (Å²) in [6.45, 7) is -3.48. The molecule has 1 atom stereocenters. The normalized spacial score (nSPS) is 23.1. The quantitative estimate of drug-likeness (QED) is 0.405. The number of nitrogens with one attached hydrogen (secondary N) is 1. The summed E-state index contributed by atoms with van der Waals surface area (Å²) in [5, 5.41) is 25.1. The van der Waals surface area contributed by atoms with Gasteiger partial charge in [-0.05, 0) is 30.4 Å². The average molecular weight is 529 g/mol. The van der Waals surface area contributed by atoms with Crippen molar-refractivity contribution in [2.75, 3.05) is 18.4 Å². The van der Waals surface area contributed by atoms with E-state index in [0.717, 1.165) is 22.6 Å². The minimum absolute atomic E-state index is 0.0456. The summed E-state index contributed by atoms with van der Waals surface area (Å²) in [7, 11) is 0. The number of hydrogen-bond donors (Lipinski definition) is 3. The zero-order chi connectivity index (χ0) is 34.2. The van der Waals surface area contributed by atoms with Crippen LogP contribution in [-0.2, 0) is 16.1 Å². The van der Waals surface area contributed by atoms with Gasteiger partial charge in [0.05, 0.1) is 11.0 Å². The van der Waals surface area contributed by atoms with Crippen LogP contribution in [0.4, 0.5) is 10.2 Å². The largest absolute Gasteiger partial charge is 0.478 e. The molecule has 0 amide bonds. The van der Waals surface area contributed by atoms with Crippen LogP contribution >= 0.6 is 22.9 Å². The zero-order valence-corrected chi connectivity index (χ0v) is 18.9. The molecule has 0 aliphatic carbocycles. The molecule has 3 aromatic rings. The number of rotatable bonds is 6. The smallest absolute Gasteiger partial charge is 0.328 e. The Morgan fingerprint density at radius 1 is 1.43 bits per heavy atom. The highest BCUT2D eigenvalue weighted by Crippen LogP contribution is 2.30. The molecule has 0 bridgehead atoms. The van der Waals surface area contributed by atoms with E-state index in [2.05, 4.69) is 15.0 Å². The molecule has 0 saturated carbocycles. The average Bonchev–Trinajstić information content (AvgIpc) is 3.33.